The summed E-state index contributed by atoms with van der Waals surface area (Å²) in [5.41, 5.74) is 2.87. The first-order valence-corrected chi connectivity index (χ1v) is 9.76. The first kappa shape index (κ1) is 19.0. The van der Waals surface area contributed by atoms with Gasteiger partial charge in [0.2, 0.25) is 0 Å². The van der Waals surface area contributed by atoms with E-state index in [1.54, 1.807) is 0 Å². The van der Waals surface area contributed by atoms with Gasteiger partial charge in [-0.15, -0.1) is 0 Å². The summed E-state index contributed by atoms with van der Waals surface area (Å²) in [7, 11) is 0. The monoisotopic (exact) mass is 360 g/mol. The lowest BCUT2D eigenvalue weighted by molar-refractivity contribution is 0.278. The summed E-state index contributed by atoms with van der Waals surface area (Å²) < 4.78 is 41.9. The quantitative estimate of drug-likeness (QED) is 0.510. The zero-order valence-corrected chi connectivity index (χ0v) is 15.4. The van der Waals surface area contributed by atoms with E-state index in [1.165, 1.54) is 17.7 Å². The molecule has 1 saturated carbocycles. The summed E-state index contributed by atoms with van der Waals surface area (Å²) in [6.45, 7) is 1.83. The lowest BCUT2D eigenvalue weighted by Gasteiger charge is -2.28. The highest BCUT2D eigenvalue weighted by Crippen LogP contribution is 2.40. The maximum atomic E-state index is 14.7. The van der Waals surface area contributed by atoms with Gasteiger partial charge in [0, 0.05) is 5.56 Å². The van der Waals surface area contributed by atoms with Gasteiger partial charge in [-0.2, -0.15) is 0 Å². The molecule has 3 rings (SSSR count). The maximum Gasteiger partial charge on any atom is 0.130 e. The third kappa shape index (κ3) is 4.31. The molecule has 2 aromatic rings. The van der Waals surface area contributed by atoms with Crippen molar-refractivity contribution in [2.75, 3.05) is 6.67 Å². The average Bonchev–Trinajstić information content (AvgIpc) is 2.64. The number of hydrogen-bond acceptors (Lipinski definition) is 0. The Labute approximate surface area is 154 Å². The zero-order valence-electron chi connectivity index (χ0n) is 15.4. The summed E-state index contributed by atoms with van der Waals surface area (Å²) in [5.74, 6) is -0.631. The predicted octanol–water partition coefficient (Wildman–Crippen LogP) is 7.22. The molecule has 3 heteroatoms. The van der Waals surface area contributed by atoms with Crippen molar-refractivity contribution in [2.45, 2.75) is 57.8 Å². The molecule has 0 saturated heterocycles. The van der Waals surface area contributed by atoms with Gasteiger partial charge >= 0.3 is 0 Å². The van der Waals surface area contributed by atoms with Crippen LogP contribution in [-0.4, -0.2) is 6.67 Å². The van der Waals surface area contributed by atoms with E-state index >= 15 is 0 Å². The van der Waals surface area contributed by atoms with Crippen LogP contribution in [0.25, 0.3) is 11.1 Å². The molecule has 2 aromatic carbocycles. The standard InChI is InChI=1S/C23H27F3/c1-2-3-16-4-8-18(9-5-16)20-14-21(25)23(22(26)15-20)19-10-6-17(7-11-19)12-13-24/h4-5,8-9,14-15,17,19H,2-3,6-7,10-13H2,1H3. The zero-order chi connectivity index (χ0) is 18.5. The van der Waals surface area contributed by atoms with Crippen molar-refractivity contribution in [3.63, 3.8) is 0 Å². The Morgan fingerprint density at radius 3 is 2.04 bits per heavy atom. The van der Waals surface area contributed by atoms with Crippen LogP contribution in [0.4, 0.5) is 13.2 Å². The van der Waals surface area contributed by atoms with Crippen LogP contribution >= 0.6 is 0 Å². The van der Waals surface area contributed by atoms with E-state index in [9.17, 15) is 13.2 Å². The van der Waals surface area contributed by atoms with Gasteiger partial charge in [-0.3, -0.25) is 4.39 Å². The van der Waals surface area contributed by atoms with Crippen LogP contribution in [-0.2, 0) is 6.42 Å². The van der Waals surface area contributed by atoms with Crippen LogP contribution in [0.2, 0.25) is 0 Å². The summed E-state index contributed by atoms with van der Waals surface area (Å²) >= 11 is 0. The smallest absolute Gasteiger partial charge is 0.130 e. The SMILES string of the molecule is CCCc1ccc(-c2cc(F)c(C3CCC(CCF)CC3)c(F)c2)cc1. The van der Waals surface area contributed by atoms with Crippen molar-refractivity contribution >= 4 is 0 Å². The molecular weight excluding hydrogens is 333 g/mol. The molecule has 0 radical (unpaired) electrons. The molecule has 1 fully saturated rings. The Morgan fingerprint density at radius 1 is 0.885 bits per heavy atom. The highest BCUT2D eigenvalue weighted by atomic mass is 19.1. The Morgan fingerprint density at radius 2 is 1.50 bits per heavy atom. The van der Waals surface area contributed by atoms with Crippen LogP contribution in [0.1, 0.15) is 62.5 Å². The lowest BCUT2D eigenvalue weighted by atomic mass is 9.77. The van der Waals surface area contributed by atoms with E-state index in [0.29, 0.717) is 17.9 Å². The molecule has 0 aliphatic heterocycles. The molecule has 0 nitrogen and oxygen atoms in total. The van der Waals surface area contributed by atoms with Gasteiger partial charge in [0.05, 0.1) is 6.67 Å². The van der Waals surface area contributed by atoms with Gasteiger partial charge in [-0.1, -0.05) is 37.6 Å². The fraction of sp³-hybridized carbons (Fsp3) is 0.478. The second-order valence-corrected chi connectivity index (χ2v) is 7.50. The second-order valence-electron chi connectivity index (χ2n) is 7.50. The molecule has 1 aliphatic rings. The molecule has 140 valence electrons. The molecule has 1 aliphatic carbocycles. The van der Waals surface area contributed by atoms with Crippen LogP contribution in [0.3, 0.4) is 0 Å². The van der Waals surface area contributed by atoms with Crippen molar-refractivity contribution in [1.29, 1.82) is 0 Å². The fourth-order valence-corrected chi connectivity index (χ4v) is 4.19. The molecule has 0 spiro atoms. The molecule has 0 N–H and O–H groups in total. The van der Waals surface area contributed by atoms with Crippen LogP contribution < -0.4 is 0 Å². The normalized spacial score (nSPS) is 20.3. The van der Waals surface area contributed by atoms with Crippen molar-refractivity contribution in [1.82, 2.24) is 0 Å². The number of halogens is 3. The third-order valence-electron chi connectivity index (χ3n) is 5.68. The minimum absolute atomic E-state index is 0.0909. The van der Waals surface area contributed by atoms with E-state index in [1.807, 2.05) is 24.3 Å². The van der Waals surface area contributed by atoms with Gasteiger partial charge in [0.25, 0.3) is 0 Å². The number of benzene rings is 2. The molecule has 0 heterocycles. The summed E-state index contributed by atoms with van der Waals surface area (Å²) in [4.78, 5) is 0. The van der Waals surface area contributed by atoms with Crippen molar-refractivity contribution in [3.8, 4) is 11.1 Å². The molecule has 0 bridgehead atoms. The number of rotatable bonds is 6. The highest BCUT2D eigenvalue weighted by molar-refractivity contribution is 5.64. The second kappa shape index (κ2) is 8.75. The van der Waals surface area contributed by atoms with E-state index in [0.717, 1.165) is 44.1 Å². The largest absolute Gasteiger partial charge is 0.251 e. The average molecular weight is 360 g/mol. The summed E-state index contributed by atoms with van der Waals surface area (Å²) in [6.07, 6.45) is 5.85. The number of alkyl halides is 1. The molecule has 26 heavy (non-hydrogen) atoms. The molecule has 0 unspecified atom stereocenters. The summed E-state index contributed by atoms with van der Waals surface area (Å²) in [6, 6.07) is 10.8. The fourth-order valence-electron chi connectivity index (χ4n) is 4.19. The van der Waals surface area contributed by atoms with Gasteiger partial charge in [-0.25, -0.2) is 8.78 Å². The van der Waals surface area contributed by atoms with Gasteiger partial charge in [0.15, 0.2) is 0 Å². The minimum atomic E-state index is -0.452. The molecule has 0 atom stereocenters. The van der Waals surface area contributed by atoms with Gasteiger partial charge < -0.3 is 0 Å². The van der Waals surface area contributed by atoms with Crippen LogP contribution in [0.5, 0.6) is 0 Å². The van der Waals surface area contributed by atoms with Gasteiger partial charge in [0.1, 0.15) is 11.6 Å². The van der Waals surface area contributed by atoms with Crippen molar-refractivity contribution in [2.24, 2.45) is 5.92 Å². The van der Waals surface area contributed by atoms with E-state index in [4.69, 9.17) is 0 Å². The van der Waals surface area contributed by atoms with E-state index < -0.39 is 11.6 Å². The predicted molar refractivity (Wildman–Crippen MR) is 101 cm³/mol. The summed E-state index contributed by atoms with van der Waals surface area (Å²) in [5, 5.41) is 0. The lowest BCUT2D eigenvalue weighted by Crippen LogP contribution is -2.16. The van der Waals surface area contributed by atoms with Crippen LogP contribution in [0.15, 0.2) is 36.4 Å². The molecular formula is C23H27F3. The molecule has 0 aromatic heterocycles. The van der Waals surface area contributed by atoms with Crippen LogP contribution in [0, 0.1) is 17.6 Å². The topological polar surface area (TPSA) is 0 Å². The number of aryl methyl sites for hydroxylation is 1. The Bertz CT molecular complexity index is 690. The van der Waals surface area contributed by atoms with E-state index in [2.05, 4.69) is 6.92 Å². The number of hydrogen-bond donors (Lipinski definition) is 0. The third-order valence-corrected chi connectivity index (χ3v) is 5.68. The first-order valence-electron chi connectivity index (χ1n) is 9.76. The van der Waals surface area contributed by atoms with Crippen molar-refractivity contribution in [3.05, 3.63) is 59.2 Å². The highest BCUT2D eigenvalue weighted by Gasteiger charge is 2.27. The van der Waals surface area contributed by atoms with E-state index in [-0.39, 0.29) is 18.2 Å². The minimum Gasteiger partial charge on any atom is -0.251 e. The Balaban J connectivity index is 1.78. The van der Waals surface area contributed by atoms with Gasteiger partial charge in [-0.05, 0) is 79.2 Å². The first-order chi connectivity index (χ1) is 12.6. The van der Waals surface area contributed by atoms with Crippen molar-refractivity contribution < 1.29 is 13.2 Å². The molecule has 0 amide bonds. The Kier molecular flexibility index (Phi) is 6.39. The maximum absolute atomic E-state index is 14.7. The Hall–Kier alpha value is -1.77.